The summed E-state index contributed by atoms with van der Waals surface area (Å²) < 4.78 is 0. The van der Waals surface area contributed by atoms with Crippen molar-refractivity contribution in [2.24, 2.45) is 5.92 Å². The fourth-order valence-electron chi connectivity index (χ4n) is 2.99. The molecule has 2 amide bonds. The third-order valence-electron chi connectivity index (χ3n) is 4.34. The first-order valence-corrected chi connectivity index (χ1v) is 8.43. The fraction of sp³-hybridized carbons (Fsp3) is 0.556. The van der Waals surface area contributed by atoms with E-state index >= 15 is 0 Å². The first-order chi connectivity index (χ1) is 11.2. The van der Waals surface area contributed by atoms with E-state index in [0.717, 1.165) is 12.0 Å². The van der Waals surface area contributed by atoms with Crippen LogP contribution in [0.3, 0.4) is 0 Å². The minimum atomic E-state index is -0.228. The van der Waals surface area contributed by atoms with Crippen LogP contribution in [0, 0.1) is 5.92 Å². The number of aliphatic hydroxyl groups is 1. The molecule has 1 aromatic rings. The maximum Gasteiger partial charge on any atom is 0.243 e. The van der Waals surface area contributed by atoms with Gasteiger partial charge in [-0.15, -0.1) is 0 Å². The second-order valence-electron chi connectivity index (χ2n) is 6.18. The predicted molar refractivity (Wildman–Crippen MR) is 90.1 cm³/mol. The molecule has 2 rings (SSSR count). The molecule has 126 valence electrons. The Morgan fingerprint density at radius 1 is 1.09 bits per heavy atom. The second-order valence-corrected chi connectivity index (χ2v) is 6.18. The highest BCUT2D eigenvalue weighted by Gasteiger charge is 2.16. The van der Waals surface area contributed by atoms with Crippen LogP contribution in [0.4, 0.5) is 5.69 Å². The molecule has 1 aliphatic rings. The molecule has 3 N–H and O–H groups in total. The van der Waals surface area contributed by atoms with Crippen molar-refractivity contribution in [2.75, 3.05) is 18.5 Å². The van der Waals surface area contributed by atoms with E-state index in [9.17, 15) is 9.59 Å². The van der Waals surface area contributed by atoms with Crippen molar-refractivity contribution in [3.8, 4) is 0 Å². The van der Waals surface area contributed by atoms with E-state index in [1.807, 2.05) is 12.1 Å². The minimum absolute atomic E-state index is 0.00188. The van der Waals surface area contributed by atoms with Crippen LogP contribution >= 0.6 is 0 Å². The number of nitrogens with one attached hydrogen (secondary N) is 2. The predicted octanol–water partition coefficient (Wildman–Crippen LogP) is 2.25. The lowest BCUT2D eigenvalue weighted by Crippen LogP contribution is -2.32. The van der Waals surface area contributed by atoms with Crippen LogP contribution in [-0.2, 0) is 16.0 Å². The van der Waals surface area contributed by atoms with E-state index in [1.165, 1.54) is 25.7 Å². The van der Waals surface area contributed by atoms with Gasteiger partial charge in [-0.2, -0.15) is 0 Å². The Balaban J connectivity index is 1.64. The van der Waals surface area contributed by atoms with E-state index in [0.29, 0.717) is 24.4 Å². The Kier molecular flexibility index (Phi) is 7.07. The first kappa shape index (κ1) is 17.5. The van der Waals surface area contributed by atoms with Crippen molar-refractivity contribution in [1.29, 1.82) is 0 Å². The molecule has 0 spiro atoms. The van der Waals surface area contributed by atoms with Gasteiger partial charge in [0.05, 0.1) is 6.54 Å². The second kappa shape index (κ2) is 9.30. The highest BCUT2D eigenvalue weighted by Crippen LogP contribution is 2.28. The summed E-state index contributed by atoms with van der Waals surface area (Å²) in [5.74, 6) is 0.409. The molecule has 0 unspecified atom stereocenters. The Morgan fingerprint density at radius 3 is 2.43 bits per heavy atom. The molecule has 1 saturated carbocycles. The molecule has 23 heavy (non-hydrogen) atoms. The average Bonchev–Trinajstić information content (AvgIpc) is 3.06. The standard InChI is InChI=1S/C18H26N2O3/c21-12-11-15-5-8-16(9-6-15)20-18(23)13-19-17(22)10-7-14-3-1-2-4-14/h5-6,8-9,14,21H,1-4,7,10-13H2,(H,19,22)(H,20,23). The van der Waals surface area contributed by atoms with Crippen molar-refractivity contribution in [3.63, 3.8) is 0 Å². The Hall–Kier alpha value is -1.88. The lowest BCUT2D eigenvalue weighted by atomic mass is 10.0. The molecule has 1 aromatic carbocycles. The molecular formula is C18H26N2O3. The van der Waals surface area contributed by atoms with E-state index in [4.69, 9.17) is 5.11 Å². The van der Waals surface area contributed by atoms with Crippen molar-refractivity contribution in [2.45, 2.75) is 44.9 Å². The van der Waals surface area contributed by atoms with E-state index in [1.54, 1.807) is 12.1 Å². The molecule has 0 atom stereocenters. The van der Waals surface area contributed by atoms with Crippen molar-refractivity contribution >= 4 is 17.5 Å². The van der Waals surface area contributed by atoms with Crippen molar-refractivity contribution < 1.29 is 14.7 Å². The van der Waals surface area contributed by atoms with E-state index in [-0.39, 0.29) is 25.0 Å². The van der Waals surface area contributed by atoms with Gasteiger partial charge in [-0.25, -0.2) is 0 Å². The topological polar surface area (TPSA) is 78.4 Å². The summed E-state index contributed by atoms with van der Waals surface area (Å²) in [6.07, 6.45) is 7.08. The van der Waals surface area contributed by atoms with E-state index < -0.39 is 0 Å². The number of anilines is 1. The molecule has 1 aliphatic carbocycles. The third kappa shape index (κ3) is 6.40. The Morgan fingerprint density at radius 2 is 1.78 bits per heavy atom. The van der Waals surface area contributed by atoms with Gasteiger partial charge < -0.3 is 15.7 Å². The SMILES string of the molecule is O=C(CCC1CCCC1)NCC(=O)Nc1ccc(CCO)cc1. The van der Waals surface area contributed by atoms with Gasteiger partial charge in [0.2, 0.25) is 11.8 Å². The van der Waals surface area contributed by atoms with Crippen LogP contribution in [-0.4, -0.2) is 30.1 Å². The van der Waals surface area contributed by atoms with Crippen LogP contribution in [0.15, 0.2) is 24.3 Å². The van der Waals surface area contributed by atoms with Gasteiger partial charge in [-0.1, -0.05) is 37.8 Å². The quantitative estimate of drug-likeness (QED) is 0.688. The molecule has 0 saturated heterocycles. The summed E-state index contributed by atoms with van der Waals surface area (Å²) in [4.78, 5) is 23.6. The number of hydrogen-bond acceptors (Lipinski definition) is 3. The molecule has 0 aromatic heterocycles. The van der Waals surface area contributed by atoms with Crippen LogP contribution in [0.2, 0.25) is 0 Å². The van der Waals surface area contributed by atoms with Gasteiger partial charge in [0, 0.05) is 18.7 Å². The van der Waals surface area contributed by atoms with Crippen LogP contribution < -0.4 is 10.6 Å². The summed E-state index contributed by atoms with van der Waals surface area (Å²) in [5.41, 5.74) is 1.71. The molecule has 5 nitrogen and oxygen atoms in total. The van der Waals surface area contributed by atoms with Gasteiger partial charge in [-0.05, 0) is 36.5 Å². The van der Waals surface area contributed by atoms with Gasteiger partial charge in [0.15, 0.2) is 0 Å². The molecule has 0 aliphatic heterocycles. The zero-order chi connectivity index (χ0) is 16.5. The highest BCUT2D eigenvalue weighted by atomic mass is 16.3. The summed E-state index contributed by atoms with van der Waals surface area (Å²) >= 11 is 0. The largest absolute Gasteiger partial charge is 0.396 e. The van der Waals surface area contributed by atoms with Crippen LogP contribution in [0.1, 0.15) is 44.1 Å². The number of aliphatic hydroxyl groups excluding tert-OH is 1. The summed E-state index contributed by atoms with van der Waals surface area (Å²) in [5, 5.41) is 14.3. The molecule has 0 heterocycles. The Bertz CT molecular complexity index is 508. The summed E-state index contributed by atoms with van der Waals surface area (Å²) in [6, 6.07) is 7.33. The maximum atomic E-state index is 11.8. The molecule has 5 heteroatoms. The van der Waals surface area contributed by atoms with Crippen LogP contribution in [0.25, 0.3) is 0 Å². The number of carbonyl (C=O) groups is 2. The van der Waals surface area contributed by atoms with E-state index in [2.05, 4.69) is 10.6 Å². The highest BCUT2D eigenvalue weighted by molar-refractivity contribution is 5.94. The zero-order valence-electron chi connectivity index (χ0n) is 13.5. The fourth-order valence-corrected chi connectivity index (χ4v) is 2.99. The summed E-state index contributed by atoms with van der Waals surface area (Å²) in [7, 11) is 0. The minimum Gasteiger partial charge on any atom is -0.396 e. The van der Waals surface area contributed by atoms with Crippen LogP contribution in [0.5, 0.6) is 0 Å². The smallest absolute Gasteiger partial charge is 0.243 e. The van der Waals surface area contributed by atoms with Gasteiger partial charge in [0.25, 0.3) is 0 Å². The summed E-state index contributed by atoms with van der Waals surface area (Å²) in [6.45, 7) is 0.112. The lowest BCUT2D eigenvalue weighted by Gasteiger charge is -2.10. The monoisotopic (exact) mass is 318 g/mol. The molecule has 0 radical (unpaired) electrons. The first-order valence-electron chi connectivity index (χ1n) is 8.43. The molecular weight excluding hydrogens is 292 g/mol. The van der Waals surface area contributed by atoms with Crippen molar-refractivity contribution in [1.82, 2.24) is 5.32 Å². The van der Waals surface area contributed by atoms with Gasteiger partial charge in [-0.3, -0.25) is 9.59 Å². The number of rotatable bonds is 8. The number of carbonyl (C=O) groups excluding carboxylic acids is 2. The van der Waals surface area contributed by atoms with Gasteiger partial charge >= 0.3 is 0 Å². The van der Waals surface area contributed by atoms with Gasteiger partial charge in [0.1, 0.15) is 0 Å². The van der Waals surface area contributed by atoms with Crippen molar-refractivity contribution in [3.05, 3.63) is 29.8 Å². The number of amides is 2. The zero-order valence-corrected chi connectivity index (χ0v) is 13.5. The normalized spacial score (nSPS) is 14.7. The molecule has 1 fully saturated rings. The number of benzene rings is 1. The lowest BCUT2D eigenvalue weighted by molar-refractivity contribution is -0.124. The maximum absolute atomic E-state index is 11.8. The third-order valence-corrected chi connectivity index (χ3v) is 4.34. The Labute approximate surface area is 137 Å². The average molecular weight is 318 g/mol. The number of hydrogen-bond donors (Lipinski definition) is 3. The molecule has 0 bridgehead atoms.